The molecule has 0 aliphatic carbocycles. The van der Waals surface area contributed by atoms with Crippen LogP contribution in [0.3, 0.4) is 0 Å². The standard InChI is InChI=1S/C22H31FN4O/c1-5-26-10-6-7-18(26)15-27(12-11-25(3)4)22(28)20-13-16(2)24-21-14-17(23)8-9-19(20)21/h8-9,13-14,18H,5-7,10-12,15H2,1-4H3. The van der Waals surface area contributed by atoms with Gasteiger partial charge in [-0.3, -0.25) is 14.7 Å². The summed E-state index contributed by atoms with van der Waals surface area (Å²) < 4.78 is 13.7. The molecule has 6 heteroatoms. The molecule has 1 aromatic heterocycles. The number of likely N-dealkylation sites (tertiary alicyclic amines) is 1. The molecular weight excluding hydrogens is 355 g/mol. The molecule has 1 atom stereocenters. The lowest BCUT2D eigenvalue weighted by atomic mass is 10.1. The SMILES string of the molecule is CCN1CCCC1CN(CCN(C)C)C(=O)c1cc(C)nc2cc(F)ccc12. The molecule has 1 unspecified atom stereocenters. The van der Waals surface area contributed by atoms with Crippen molar-refractivity contribution in [1.29, 1.82) is 0 Å². The highest BCUT2D eigenvalue weighted by molar-refractivity contribution is 6.06. The number of nitrogens with zero attached hydrogens (tertiary/aromatic N) is 4. The van der Waals surface area contributed by atoms with Crippen LogP contribution >= 0.6 is 0 Å². The molecular formula is C22H31FN4O. The molecule has 0 bridgehead atoms. The summed E-state index contributed by atoms with van der Waals surface area (Å²) in [5.41, 5.74) is 1.87. The molecule has 1 aromatic carbocycles. The van der Waals surface area contributed by atoms with Gasteiger partial charge in [0.15, 0.2) is 0 Å². The Kier molecular flexibility index (Phi) is 6.62. The van der Waals surface area contributed by atoms with E-state index < -0.39 is 0 Å². The van der Waals surface area contributed by atoms with Crippen molar-refractivity contribution in [3.05, 3.63) is 41.3 Å². The van der Waals surface area contributed by atoms with Crippen LogP contribution in [0.2, 0.25) is 0 Å². The quantitative estimate of drug-likeness (QED) is 0.733. The lowest BCUT2D eigenvalue weighted by Gasteiger charge is -2.31. The Morgan fingerprint density at radius 1 is 1.29 bits per heavy atom. The van der Waals surface area contributed by atoms with Crippen LogP contribution in [0.1, 0.15) is 35.8 Å². The minimum Gasteiger partial charge on any atom is -0.336 e. The van der Waals surface area contributed by atoms with E-state index in [9.17, 15) is 9.18 Å². The van der Waals surface area contributed by atoms with E-state index in [4.69, 9.17) is 0 Å². The molecule has 1 fully saturated rings. The summed E-state index contributed by atoms with van der Waals surface area (Å²) in [5, 5.41) is 0.714. The fraction of sp³-hybridized carbons (Fsp3) is 0.545. The number of fused-ring (bicyclic) bond motifs is 1. The number of halogens is 1. The topological polar surface area (TPSA) is 39.7 Å². The third-order valence-corrected chi connectivity index (χ3v) is 5.57. The highest BCUT2D eigenvalue weighted by Gasteiger charge is 2.28. The molecule has 0 spiro atoms. The average Bonchev–Trinajstić information content (AvgIpc) is 3.10. The van der Waals surface area contributed by atoms with Crippen LogP contribution in [0, 0.1) is 12.7 Å². The van der Waals surface area contributed by atoms with Gasteiger partial charge in [0.1, 0.15) is 5.82 Å². The highest BCUT2D eigenvalue weighted by atomic mass is 19.1. The molecule has 152 valence electrons. The van der Waals surface area contributed by atoms with E-state index >= 15 is 0 Å². The second kappa shape index (κ2) is 8.97. The molecule has 1 aliphatic heterocycles. The number of benzene rings is 1. The maximum absolute atomic E-state index is 13.7. The summed E-state index contributed by atoms with van der Waals surface area (Å²) in [7, 11) is 4.04. The Labute approximate surface area is 167 Å². The number of hydrogen-bond acceptors (Lipinski definition) is 4. The lowest BCUT2D eigenvalue weighted by molar-refractivity contribution is 0.0696. The summed E-state index contributed by atoms with van der Waals surface area (Å²) in [4.78, 5) is 24.5. The Balaban J connectivity index is 1.93. The Hall–Kier alpha value is -2.05. The van der Waals surface area contributed by atoms with E-state index in [1.807, 2.05) is 32.0 Å². The number of likely N-dealkylation sites (N-methyl/N-ethyl adjacent to an activating group) is 2. The first-order valence-corrected chi connectivity index (χ1v) is 10.1. The average molecular weight is 387 g/mol. The van der Waals surface area contributed by atoms with Crippen LogP contribution in [-0.2, 0) is 0 Å². The van der Waals surface area contributed by atoms with Crippen LogP contribution < -0.4 is 0 Å². The molecule has 1 saturated heterocycles. The zero-order chi connectivity index (χ0) is 20.3. The molecule has 0 N–H and O–H groups in total. The second-order valence-electron chi connectivity index (χ2n) is 7.95. The maximum atomic E-state index is 13.7. The predicted octanol–water partition coefficient (Wildman–Crippen LogP) is 3.17. The van der Waals surface area contributed by atoms with Gasteiger partial charge in [-0.05, 0) is 65.1 Å². The maximum Gasteiger partial charge on any atom is 0.254 e. The fourth-order valence-electron chi connectivity index (χ4n) is 4.05. The number of amides is 1. The monoisotopic (exact) mass is 386 g/mol. The van der Waals surface area contributed by atoms with Crippen molar-refractivity contribution in [3.63, 3.8) is 0 Å². The molecule has 0 radical (unpaired) electrons. The summed E-state index contributed by atoms with van der Waals surface area (Å²) in [6.07, 6.45) is 2.31. The van der Waals surface area contributed by atoms with Gasteiger partial charge in [0.05, 0.1) is 11.1 Å². The number of carbonyl (C=O) groups excluding carboxylic acids is 1. The minimum absolute atomic E-state index is 0.00640. The van der Waals surface area contributed by atoms with Crippen LogP contribution in [-0.4, -0.2) is 78.5 Å². The molecule has 0 saturated carbocycles. The van der Waals surface area contributed by atoms with Gasteiger partial charge in [0.25, 0.3) is 5.91 Å². The van der Waals surface area contributed by atoms with E-state index in [-0.39, 0.29) is 11.7 Å². The number of hydrogen-bond donors (Lipinski definition) is 0. The second-order valence-corrected chi connectivity index (χ2v) is 7.95. The van der Waals surface area contributed by atoms with Gasteiger partial charge >= 0.3 is 0 Å². The van der Waals surface area contributed by atoms with E-state index in [1.165, 1.54) is 18.6 Å². The van der Waals surface area contributed by atoms with Gasteiger partial charge < -0.3 is 9.80 Å². The van der Waals surface area contributed by atoms with E-state index in [1.54, 1.807) is 6.07 Å². The van der Waals surface area contributed by atoms with E-state index in [0.29, 0.717) is 29.1 Å². The fourth-order valence-corrected chi connectivity index (χ4v) is 4.05. The Morgan fingerprint density at radius 3 is 2.79 bits per heavy atom. The number of aromatic nitrogens is 1. The van der Waals surface area contributed by atoms with Gasteiger partial charge in [0, 0.05) is 42.8 Å². The molecule has 5 nitrogen and oxygen atoms in total. The van der Waals surface area contributed by atoms with Gasteiger partial charge in [0.2, 0.25) is 0 Å². The number of pyridine rings is 1. The van der Waals surface area contributed by atoms with Crippen molar-refractivity contribution < 1.29 is 9.18 Å². The van der Waals surface area contributed by atoms with Crippen LogP contribution in [0.15, 0.2) is 24.3 Å². The number of rotatable bonds is 7. The predicted molar refractivity (Wildman–Crippen MR) is 111 cm³/mol. The Bertz CT molecular complexity index is 833. The molecule has 28 heavy (non-hydrogen) atoms. The summed E-state index contributed by atoms with van der Waals surface area (Å²) in [6.45, 7) is 8.35. The highest BCUT2D eigenvalue weighted by Crippen LogP contribution is 2.23. The Morgan fingerprint density at radius 2 is 2.07 bits per heavy atom. The first-order chi connectivity index (χ1) is 13.4. The van der Waals surface area contributed by atoms with Crippen molar-refractivity contribution in [3.8, 4) is 0 Å². The normalized spacial score (nSPS) is 17.6. The molecule has 1 amide bonds. The van der Waals surface area contributed by atoms with Crippen LogP contribution in [0.4, 0.5) is 4.39 Å². The van der Waals surface area contributed by atoms with Crippen LogP contribution in [0.5, 0.6) is 0 Å². The van der Waals surface area contributed by atoms with Gasteiger partial charge in [-0.25, -0.2) is 4.39 Å². The first kappa shape index (κ1) is 20.7. The van der Waals surface area contributed by atoms with Crippen molar-refractivity contribution in [1.82, 2.24) is 19.7 Å². The third kappa shape index (κ3) is 4.67. The molecule has 2 aromatic rings. The molecule has 2 heterocycles. The number of carbonyl (C=O) groups is 1. The summed E-state index contributed by atoms with van der Waals surface area (Å²) in [5.74, 6) is -0.329. The number of aryl methyl sites for hydroxylation is 1. The van der Waals surface area contributed by atoms with Crippen molar-refractivity contribution >= 4 is 16.8 Å². The van der Waals surface area contributed by atoms with Gasteiger partial charge in [-0.2, -0.15) is 0 Å². The zero-order valence-corrected chi connectivity index (χ0v) is 17.4. The van der Waals surface area contributed by atoms with Gasteiger partial charge in [-0.15, -0.1) is 0 Å². The molecule has 3 rings (SSSR count). The van der Waals surface area contributed by atoms with Crippen molar-refractivity contribution in [2.75, 3.05) is 46.8 Å². The van der Waals surface area contributed by atoms with Crippen LogP contribution in [0.25, 0.3) is 10.9 Å². The van der Waals surface area contributed by atoms with Crippen molar-refractivity contribution in [2.24, 2.45) is 0 Å². The lowest BCUT2D eigenvalue weighted by Crippen LogP contribution is -2.45. The third-order valence-electron chi connectivity index (χ3n) is 5.57. The minimum atomic E-state index is -0.335. The smallest absolute Gasteiger partial charge is 0.254 e. The largest absolute Gasteiger partial charge is 0.336 e. The molecule has 1 aliphatic rings. The zero-order valence-electron chi connectivity index (χ0n) is 17.4. The first-order valence-electron chi connectivity index (χ1n) is 10.1. The van der Waals surface area contributed by atoms with E-state index in [0.717, 1.165) is 38.3 Å². The van der Waals surface area contributed by atoms with E-state index in [2.05, 4.69) is 21.7 Å². The van der Waals surface area contributed by atoms with Crippen molar-refractivity contribution in [2.45, 2.75) is 32.7 Å². The summed E-state index contributed by atoms with van der Waals surface area (Å²) >= 11 is 0. The summed E-state index contributed by atoms with van der Waals surface area (Å²) in [6, 6.07) is 6.71. The van der Waals surface area contributed by atoms with Gasteiger partial charge in [-0.1, -0.05) is 6.92 Å².